The van der Waals surface area contributed by atoms with Crippen LogP contribution < -0.4 is 0 Å². The lowest BCUT2D eigenvalue weighted by atomic mass is 10.3. The summed E-state index contributed by atoms with van der Waals surface area (Å²) in [6.07, 6.45) is 3.50. The monoisotopic (exact) mass is 160 g/mol. The molecule has 0 aliphatic heterocycles. The van der Waals surface area contributed by atoms with Crippen LogP contribution in [0.2, 0.25) is 0 Å². The molecule has 2 heteroatoms. The van der Waals surface area contributed by atoms with Gasteiger partial charge >= 0.3 is 0 Å². The van der Waals surface area contributed by atoms with Crippen molar-refractivity contribution in [3.8, 4) is 0 Å². The molecule has 0 aliphatic rings. The molecule has 0 saturated heterocycles. The van der Waals surface area contributed by atoms with Gasteiger partial charge in [0, 0.05) is 6.42 Å². The van der Waals surface area contributed by atoms with Crippen LogP contribution in [0.15, 0.2) is 0 Å². The van der Waals surface area contributed by atoms with Crippen molar-refractivity contribution in [2.75, 3.05) is 0 Å². The fourth-order valence-electron chi connectivity index (χ4n) is 0.643. The maximum atomic E-state index is 5.28. The van der Waals surface area contributed by atoms with E-state index < -0.39 is 0 Å². The average Bonchev–Trinajstić information content (AvgIpc) is 1.82. The smallest absolute Gasteiger partial charge is 0.160 e. The van der Waals surface area contributed by atoms with E-state index in [1.165, 1.54) is 6.42 Å². The van der Waals surface area contributed by atoms with Crippen molar-refractivity contribution in [2.24, 2.45) is 0 Å². The van der Waals surface area contributed by atoms with Gasteiger partial charge in [-0.3, -0.25) is 0 Å². The largest absolute Gasteiger partial charge is 0.484 e. The molecule has 0 atom stereocenters. The fraction of sp³-hybridized carbons (Fsp3) is 0.875. The van der Waals surface area contributed by atoms with E-state index in [0.717, 1.165) is 17.9 Å². The highest BCUT2D eigenvalue weighted by atomic mass is 32.1. The van der Waals surface area contributed by atoms with Gasteiger partial charge in [0.15, 0.2) is 5.05 Å². The van der Waals surface area contributed by atoms with E-state index in [1.807, 2.05) is 13.8 Å². The number of hydrogen-bond donors (Lipinski definition) is 0. The lowest BCUT2D eigenvalue weighted by Gasteiger charge is -2.09. The van der Waals surface area contributed by atoms with Gasteiger partial charge in [-0.2, -0.15) is 0 Å². The number of thiocarbonyl (C=S) groups is 1. The van der Waals surface area contributed by atoms with E-state index in [4.69, 9.17) is 17.0 Å². The predicted molar refractivity (Wildman–Crippen MR) is 48.3 cm³/mol. The minimum Gasteiger partial charge on any atom is -0.484 e. The number of hydrogen-bond acceptors (Lipinski definition) is 2. The van der Waals surface area contributed by atoms with Crippen LogP contribution in [0.1, 0.15) is 40.0 Å². The topological polar surface area (TPSA) is 9.23 Å². The first-order valence-corrected chi connectivity index (χ1v) is 4.27. The molecule has 0 aliphatic carbocycles. The summed E-state index contributed by atoms with van der Waals surface area (Å²) in [5.74, 6) is 0. The predicted octanol–water partition coefficient (Wildman–Crippen LogP) is 2.93. The molecule has 0 spiro atoms. The lowest BCUT2D eigenvalue weighted by molar-refractivity contribution is 0.228. The van der Waals surface area contributed by atoms with Crippen LogP contribution in [0.4, 0.5) is 0 Å². The lowest BCUT2D eigenvalue weighted by Crippen LogP contribution is -2.08. The van der Waals surface area contributed by atoms with Crippen molar-refractivity contribution in [1.29, 1.82) is 0 Å². The van der Waals surface area contributed by atoms with Crippen LogP contribution in [-0.4, -0.2) is 11.2 Å². The van der Waals surface area contributed by atoms with Crippen molar-refractivity contribution >= 4 is 17.3 Å². The van der Waals surface area contributed by atoms with Gasteiger partial charge in [0.25, 0.3) is 0 Å². The molecule has 0 saturated carbocycles. The molecule has 0 unspecified atom stereocenters. The zero-order chi connectivity index (χ0) is 7.98. The van der Waals surface area contributed by atoms with Gasteiger partial charge in [-0.15, -0.1) is 0 Å². The third kappa shape index (κ3) is 6.02. The summed E-state index contributed by atoms with van der Waals surface area (Å²) < 4.78 is 5.28. The van der Waals surface area contributed by atoms with Crippen LogP contribution >= 0.6 is 12.2 Å². The Bertz CT molecular complexity index is 99.4. The second-order valence-electron chi connectivity index (χ2n) is 2.64. The third-order valence-electron chi connectivity index (χ3n) is 1.10. The van der Waals surface area contributed by atoms with Crippen molar-refractivity contribution in [3.05, 3.63) is 0 Å². The molecule has 0 heterocycles. The van der Waals surface area contributed by atoms with E-state index in [1.54, 1.807) is 0 Å². The molecule has 0 N–H and O–H groups in total. The Morgan fingerprint density at radius 3 is 2.50 bits per heavy atom. The fourth-order valence-corrected chi connectivity index (χ4v) is 0.980. The van der Waals surface area contributed by atoms with Crippen LogP contribution in [0, 0.1) is 0 Å². The molecular weight excluding hydrogens is 144 g/mol. The number of rotatable bonds is 4. The van der Waals surface area contributed by atoms with E-state index in [-0.39, 0.29) is 6.10 Å². The molecule has 10 heavy (non-hydrogen) atoms. The Balaban J connectivity index is 3.26. The summed E-state index contributed by atoms with van der Waals surface area (Å²) in [4.78, 5) is 0. The van der Waals surface area contributed by atoms with Gasteiger partial charge in [-0.1, -0.05) is 13.3 Å². The minimum atomic E-state index is 0.240. The first kappa shape index (κ1) is 9.89. The Hall–Kier alpha value is -0.110. The molecule has 0 aromatic carbocycles. The molecular formula is C8H16OS. The average molecular weight is 160 g/mol. The van der Waals surface area contributed by atoms with Crippen molar-refractivity contribution in [1.82, 2.24) is 0 Å². The molecule has 0 aromatic rings. The summed E-state index contributed by atoms with van der Waals surface area (Å²) in [5.41, 5.74) is 0. The van der Waals surface area contributed by atoms with Crippen LogP contribution in [0.3, 0.4) is 0 Å². The second kappa shape index (κ2) is 5.66. The number of ether oxygens (including phenoxy) is 1. The van der Waals surface area contributed by atoms with Gasteiger partial charge in [-0.05, 0) is 32.5 Å². The zero-order valence-corrected chi connectivity index (χ0v) is 7.83. The molecule has 0 aromatic heterocycles. The quantitative estimate of drug-likeness (QED) is 0.585. The molecule has 60 valence electrons. The maximum absolute atomic E-state index is 5.28. The highest BCUT2D eigenvalue weighted by molar-refractivity contribution is 7.80. The normalized spacial score (nSPS) is 10.0. The van der Waals surface area contributed by atoms with E-state index in [2.05, 4.69) is 6.92 Å². The Morgan fingerprint density at radius 1 is 1.50 bits per heavy atom. The van der Waals surface area contributed by atoms with Gasteiger partial charge in [0.05, 0.1) is 6.10 Å². The third-order valence-corrected chi connectivity index (χ3v) is 1.40. The molecule has 0 bridgehead atoms. The first-order chi connectivity index (χ1) is 4.66. The molecule has 0 rings (SSSR count). The highest BCUT2D eigenvalue weighted by Crippen LogP contribution is 2.01. The van der Waals surface area contributed by atoms with Crippen molar-refractivity contribution in [2.45, 2.75) is 46.1 Å². The van der Waals surface area contributed by atoms with Crippen LogP contribution in [0.5, 0.6) is 0 Å². The summed E-state index contributed by atoms with van der Waals surface area (Å²) in [5, 5.41) is 0.761. The summed E-state index contributed by atoms with van der Waals surface area (Å²) in [6.45, 7) is 6.15. The number of unbranched alkanes of at least 4 members (excludes halogenated alkanes) is 1. The Kier molecular flexibility index (Phi) is 5.60. The van der Waals surface area contributed by atoms with Gasteiger partial charge in [0.2, 0.25) is 0 Å². The van der Waals surface area contributed by atoms with Crippen LogP contribution in [-0.2, 0) is 4.74 Å². The molecule has 1 nitrogen and oxygen atoms in total. The molecule has 0 amide bonds. The van der Waals surface area contributed by atoms with Gasteiger partial charge in [0.1, 0.15) is 0 Å². The Morgan fingerprint density at radius 2 is 2.10 bits per heavy atom. The first-order valence-electron chi connectivity index (χ1n) is 3.86. The summed E-state index contributed by atoms with van der Waals surface area (Å²) in [7, 11) is 0. The van der Waals surface area contributed by atoms with Crippen LogP contribution in [0.25, 0.3) is 0 Å². The van der Waals surface area contributed by atoms with Crippen molar-refractivity contribution in [3.63, 3.8) is 0 Å². The van der Waals surface area contributed by atoms with Crippen molar-refractivity contribution < 1.29 is 4.74 Å². The Labute approximate surface area is 68.8 Å². The summed E-state index contributed by atoms with van der Waals surface area (Å²) in [6, 6.07) is 0. The van der Waals surface area contributed by atoms with Gasteiger partial charge < -0.3 is 4.74 Å². The van der Waals surface area contributed by atoms with E-state index >= 15 is 0 Å². The standard InChI is InChI=1S/C8H16OS/c1-4-5-6-8(10)9-7(2)3/h7H,4-6H2,1-3H3. The maximum Gasteiger partial charge on any atom is 0.160 e. The molecule has 0 radical (unpaired) electrons. The summed E-state index contributed by atoms with van der Waals surface area (Å²) >= 11 is 4.97. The van der Waals surface area contributed by atoms with Gasteiger partial charge in [-0.25, -0.2) is 0 Å². The minimum absolute atomic E-state index is 0.240. The highest BCUT2D eigenvalue weighted by Gasteiger charge is 1.98. The zero-order valence-electron chi connectivity index (χ0n) is 7.02. The van der Waals surface area contributed by atoms with E-state index in [9.17, 15) is 0 Å². The van der Waals surface area contributed by atoms with E-state index in [0.29, 0.717) is 0 Å². The SMILES string of the molecule is CCCCC(=S)OC(C)C. The molecule has 0 fully saturated rings. The second-order valence-corrected chi connectivity index (χ2v) is 3.10.